The van der Waals surface area contributed by atoms with Crippen LogP contribution in [0.4, 0.5) is 0 Å². The maximum absolute atomic E-state index is 11.6. The summed E-state index contributed by atoms with van der Waals surface area (Å²) < 4.78 is 25.4. The lowest BCUT2D eigenvalue weighted by Crippen LogP contribution is -2.26. The van der Waals surface area contributed by atoms with Gasteiger partial charge in [0, 0.05) is 6.20 Å². The Bertz CT molecular complexity index is 575. The first-order valence-electron chi connectivity index (χ1n) is 8.02. The number of sulfone groups is 1. The second-order valence-electron chi connectivity index (χ2n) is 6.59. The van der Waals surface area contributed by atoms with Crippen molar-refractivity contribution in [2.45, 2.75) is 44.6 Å². The van der Waals surface area contributed by atoms with Crippen LogP contribution in [0.5, 0.6) is 0 Å². The average molecular weight is 311 g/mol. The van der Waals surface area contributed by atoms with Gasteiger partial charge >= 0.3 is 0 Å². The van der Waals surface area contributed by atoms with Gasteiger partial charge in [0.05, 0.1) is 23.2 Å². The molecule has 0 bridgehead atoms. The van der Waals surface area contributed by atoms with Gasteiger partial charge in [0.15, 0.2) is 9.84 Å². The summed E-state index contributed by atoms with van der Waals surface area (Å²) in [6.07, 6.45) is 8.68. The molecule has 2 atom stereocenters. The highest BCUT2D eigenvalue weighted by Gasteiger charge is 2.33. The smallest absolute Gasteiger partial charge is 0.150 e. The van der Waals surface area contributed by atoms with Crippen molar-refractivity contribution < 1.29 is 8.42 Å². The Balaban J connectivity index is 1.64. The zero-order valence-corrected chi connectivity index (χ0v) is 13.3. The highest BCUT2D eigenvalue weighted by Crippen LogP contribution is 2.30. The number of aromatic nitrogens is 2. The van der Waals surface area contributed by atoms with Crippen molar-refractivity contribution in [3.8, 4) is 0 Å². The van der Waals surface area contributed by atoms with E-state index in [1.807, 2.05) is 0 Å². The lowest BCUT2D eigenvalue weighted by Gasteiger charge is -2.19. The molecule has 2 aliphatic rings. The molecule has 0 aromatic carbocycles. The minimum absolute atomic E-state index is 0.205. The number of hydrogen-bond donors (Lipinski definition) is 1. The number of rotatable bonds is 5. The second-order valence-corrected chi connectivity index (χ2v) is 8.82. The van der Waals surface area contributed by atoms with E-state index in [9.17, 15) is 8.42 Å². The molecule has 1 aliphatic carbocycles. The lowest BCUT2D eigenvalue weighted by atomic mass is 9.88. The van der Waals surface area contributed by atoms with Gasteiger partial charge in [0.2, 0.25) is 0 Å². The quantitative estimate of drug-likeness (QED) is 0.895. The Morgan fingerprint density at radius 3 is 2.71 bits per heavy atom. The molecule has 5 nitrogen and oxygen atoms in total. The predicted octanol–water partition coefficient (Wildman–Crippen LogP) is 1.55. The topological polar surface area (TPSA) is 78.0 Å². The van der Waals surface area contributed by atoms with E-state index < -0.39 is 9.84 Å². The Labute approximate surface area is 126 Å². The summed E-state index contributed by atoms with van der Waals surface area (Å²) in [7, 11) is -2.83. The third kappa shape index (κ3) is 3.48. The largest absolute Gasteiger partial charge is 0.330 e. The number of nitrogens with zero attached hydrogens (tertiary/aromatic N) is 2. The zero-order valence-electron chi connectivity index (χ0n) is 12.4. The molecule has 3 rings (SSSR count). The Kier molecular flexibility index (Phi) is 4.36. The lowest BCUT2D eigenvalue weighted by molar-refractivity contribution is 0.364. The Morgan fingerprint density at radius 1 is 1.33 bits per heavy atom. The molecule has 1 saturated carbocycles. The van der Waals surface area contributed by atoms with Crippen molar-refractivity contribution >= 4 is 9.84 Å². The van der Waals surface area contributed by atoms with E-state index in [4.69, 9.17) is 10.8 Å². The van der Waals surface area contributed by atoms with Gasteiger partial charge in [-0.15, -0.1) is 0 Å². The van der Waals surface area contributed by atoms with Crippen molar-refractivity contribution in [1.82, 2.24) is 9.78 Å². The highest BCUT2D eigenvalue weighted by atomic mass is 32.2. The van der Waals surface area contributed by atoms with Crippen LogP contribution in [-0.4, -0.2) is 36.2 Å². The summed E-state index contributed by atoms with van der Waals surface area (Å²) in [5.41, 5.74) is 6.95. The summed E-state index contributed by atoms with van der Waals surface area (Å²) >= 11 is 0. The fourth-order valence-corrected chi connectivity index (χ4v) is 5.68. The van der Waals surface area contributed by atoms with E-state index in [-0.39, 0.29) is 11.8 Å². The van der Waals surface area contributed by atoms with E-state index >= 15 is 0 Å². The Hall–Kier alpha value is -0.880. The highest BCUT2D eigenvalue weighted by molar-refractivity contribution is 7.91. The average Bonchev–Trinajstić information content (AvgIpc) is 3.15. The summed E-state index contributed by atoms with van der Waals surface area (Å²) in [6.45, 7) is 0.538. The third-order valence-electron chi connectivity index (χ3n) is 5.07. The molecule has 0 radical (unpaired) electrons. The molecule has 1 aromatic rings. The van der Waals surface area contributed by atoms with Gasteiger partial charge in [0.25, 0.3) is 0 Å². The molecule has 6 heteroatoms. The normalized spacial score (nSPS) is 27.2. The van der Waals surface area contributed by atoms with Gasteiger partial charge in [-0.3, -0.25) is 4.68 Å². The molecule has 21 heavy (non-hydrogen) atoms. The molecule has 1 aromatic heterocycles. The molecule has 1 aliphatic heterocycles. The van der Waals surface area contributed by atoms with Crippen LogP contribution in [0.25, 0.3) is 0 Å². The molecule has 2 unspecified atom stereocenters. The minimum atomic E-state index is -2.83. The van der Waals surface area contributed by atoms with Gasteiger partial charge in [-0.1, -0.05) is 12.8 Å². The summed E-state index contributed by atoms with van der Waals surface area (Å²) in [5, 5.41) is 4.70. The summed E-state index contributed by atoms with van der Waals surface area (Å²) in [6, 6.07) is 2.63. The van der Waals surface area contributed by atoms with Gasteiger partial charge < -0.3 is 5.73 Å². The van der Waals surface area contributed by atoms with Crippen LogP contribution in [0, 0.1) is 11.8 Å². The van der Waals surface area contributed by atoms with E-state index in [1.165, 1.54) is 25.7 Å². The fraction of sp³-hybridized carbons (Fsp3) is 0.800. The first-order valence-corrected chi connectivity index (χ1v) is 9.84. The fourth-order valence-electron chi connectivity index (χ4n) is 3.77. The molecule has 1 saturated heterocycles. The van der Waals surface area contributed by atoms with Gasteiger partial charge in [-0.2, -0.15) is 5.10 Å². The van der Waals surface area contributed by atoms with E-state index in [0.29, 0.717) is 24.1 Å². The Morgan fingerprint density at radius 2 is 2.10 bits per heavy atom. The maximum Gasteiger partial charge on any atom is 0.150 e. The van der Waals surface area contributed by atoms with Gasteiger partial charge in [-0.05, 0) is 50.1 Å². The molecule has 2 heterocycles. The number of nitrogens with two attached hydrogens (primary N) is 1. The third-order valence-corrected chi connectivity index (χ3v) is 6.86. The molecule has 2 N–H and O–H groups in total. The standard InChI is InChI=1S/C15H25N3O2S/c16-10-13(12-6-8-21(19,20)11-12)9-14-5-7-18(17-14)15-3-1-2-4-15/h5,7,12-13,15H,1-4,6,8-11,16H2. The van der Waals surface area contributed by atoms with Crippen molar-refractivity contribution in [2.24, 2.45) is 17.6 Å². The van der Waals surface area contributed by atoms with Crippen molar-refractivity contribution in [3.05, 3.63) is 18.0 Å². The van der Waals surface area contributed by atoms with Crippen LogP contribution in [0.15, 0.2) is 12.3 Å². The first kappa shape index (κ1) is 15.0. The van der Waals surface area contributed by atoms with Gasteiger partial charge in [0.1, 0.15) is 0 Å². The summed E-state index contributed by atoms with van der Waals surface area (Å²) in [4.78, 5) is 0. The predicted molar refractivity (Wildman–Crippen MR) is 82.7 cm³/mol. The molecule has 0 amide bonds. The molecule has 118 valence electrons. The van der Waals surface area contributed by atoms with Crippen LogP contribution in [0.1, 0.15) is 43.8 Å². The zero-order chi connectivity index (χ0) is 14.9. The second kappa shape index (κ2) is 6.08. The van der Waals surface area contributed by atoms with E-state index in [0.717, 1.165) is 18.5 Å². The van der Waals surface area contributed by atoms with Crippen LogP contribution in [-0.2, 0) is 16.3 Å². The van der Waals surface area contributed by atoms with Crippen LogP contribution >= 0.6 is 0 Å². The van der Waals surface area contributed by atoms with Crippen molar-refractivity contribution in [2.75, 3.05) is 18.1 Å². The molecule has 0 spiro atoms. The first-order chi connectivity index (χ1) is 10.1. The van der Waals surface area contributed by atoms with Crippen molar-refractivity contribution in [3.63, 3.8) is 0 Å². The van der Waals surface area contributed by atoms with E-state index in [2.05, 4.69) is 16.9 Å². The molecular weight excluding hydrogens is 286 g/mol. The van der Waals surface area contributed by atoms with Crippen LogP contribution in [0.2, 0.25) is 0 Å². The van der Waals surface area contributed by atoms with Crippen LogP contribution < -0.4 is 5.73 Å². The molecular formula is C15H25N3O2S. The maximum atomic E-state index is 11.6. The monoisotopic (exact) mass is 311 g/mol. The minimum Gasteiger partial charge on any atom is -0.330 e. The SMILES string of the molecule is NCC(Cc1ccn(C2CCCC2)n1)C1CCS(=O)(=O)C1. The number of hydrogen-bond acceptors (Lipinski definition) is 4. The van der Waals surface area contributed by atoms with Gasteiger partial charge in [-0.25, -0.2) is 8.42 Å². The summed E-state index contributed by atoms with van der Waals surface area (Å²) in [5.74, 6) is 1.06. The van der Waals surface area contributed by atoms with Crippen LogP contribution in [0.3, 0.4) is 0 Å². The van der Waals surface area contributed by atoms with Crippen molar-refractivity contribution in [1.29, 1.82) is 0 Å². The molecule has 2 fully saturated rings. The van der Waals surface area contributed by atoms with E-state index in [1.54, 1.807) is 0 Å².